The Morgan fingerprint density at radius 2 is 2.00 bits per heavy atom. The van der Waals surface area contributed by atoms with Gasteiger partial charge >= 0.3 is 0 Å². The number of benzene rings is 1. The van der Waals surface area contributed by atoms with Gasteiger partial charge in [-0.1, -0.05) is 6.07 Å². The molecule has 2 heterocycles. The molecule has 7 nitrogen and oxygen atoms in total. The first-order chi connectivity index (χ1) is 10.6. The summed E-state index contributed by atoms with van der Waals surface area (Å²) in [5, 5.41) is 14.4. The number of nitro groups is 1. The molecule has 0 atom stereocenters. The van der Waals surface area contributed by atoms with Crippen molar-refractivity contribution in [2.45, 2.75) is 18.6 Å². The number of nitrogens with one attached hydrogen (secondary N) is 1. The summed E-state index contributed by atoms with van der Waals surface area (Å²) in [7, 11) is 0. The molecule has 0 unspecified atom stereocenters. The molecule has 1 N–H and O–H groups in total. The van der Waals surface area contributed by atoms with Crippen molar-refractivity contribution in [3.63, 3.8) is 0 Å². The molecule has 2 aliphatic heterocycles. The van der Waals surface area contributed by atoms with Gasteiger partial charge in [0.05, 0.1) is 18.1 Å². The SMILES string of the molecule is O=[N+]([O-])c1cccc(NC(=S)N2CCC3(CC2)OCCO3)c1. The van der Waals surface area contributed by atoms with Crippen LogP contribution >= 0.6 is 12.2 Å². The van der Waals surface area contributed by atoms with Gasteiger partial charge in [0, 0.05) is 43.8 Å². The number of thiocarbonyl (C=S) groups is 1. The highest BCUT2D eigenvalue weighted by Crippen LogP contribution is 2.31. The van der Waals surface area contributed by atoms with E-state index in [-0.39, 0.29) is 5.69 Å². The average molecular weight is 323 g/mol. The molecule has 1 aromatic carbocycles. The minimum Gasteiger partial charge on any atom is -0.349 e. The second-order valence-corrected chi connectivity index (χ2v) is 5.72. The first kappa shape index (κ1) is 15.1. The van der Waals surface area contributed by atoms with E-state index in [2.05, 4.69) is 5.32 Å². The maximum Gasteiger partial charge on any atom is 0.271 e. The van der Waals surface area contributed by atoms with Crippen LogP contribution in [0.5, 0.6) is 0 Å². The molecular weight excluding hydrogens is 306 g/mol. The molecule has 1 spiro atoms. The van der Waals surface area contributed by atoms with Gasteiger partial charge in [0.2, 0.25) is 0 Å². The van der Waals surface area contributed by atoms with E-state index in [0.717, 1.165) is 25.9 Å². The van der Waals surface area contributed by atoms with Gasteiger partial charge in [0.1, 0.15) is 0 Å². The molecule has 0 radical (unpaired) electrons. The van der Waals surface area contributed by atoms with Crippen molar-refractivity contribution < 1.29 is 14.4 Å². The van der Waals surface area contributed by atoms with Gasteiger partial charge in [-0.05, 0) is 18.3 Å². The Labute approximate surface area is 133 Å². The minimum absolute atomic E-state index is 0.0400. The number of likely N-dealkylation sites (tertiary alicyclic amines) is 1. The lowest BCUT2D eigenvalue weighted by atomic mass is 10.0. The van der Waals surface area contributed by atoms with Crippen molar-refractivity contribution in [1.29, 1.82) is 0 Å². The molecule has 2 saturated heterocycles. The monoisotopic (exact) mass is 323 g/mol. The normalized spacial score (nSPS) is 20.1. The number of ether oxygens (including phenoxy) is 2. The maximum absolute atomic E-state index is 10.8. The van der Waals surface area contributed by atoms with E-state index < -0.39 is 10.7 Å². The topological polar surface area (TPSA) is 76.9 Å². The molecule has 2 fully saturated rings. The Bertz CT molecular complexity index is 579. The second-order valence-electron chi connectivity index (χ2n) is 5.33. The molecule has 22 heavy (non-hydrogen) atoms. The van der Waals surface area contributed by atoms with Crippen LogP contribution in [0.4, 0.5) is 11.4 Å². The number of nitro benzene ring substituents is 1. The lowest BCUT2D eigenvalue weighted by molar-refractivity contribution is -0.384. The Morgan fingerprint density at radius 1 is 1.32 bits per heavy atom. The van der Waals surface area contributed by atoms with E-state index in [4.69, 9.17) is 21.7 Å². The van der Waals surface area contributed by atoms with Gasteiger partial charge in [-0.3, -0.25) is 10.1 Å². The third-order valence-corrected chi connectivity index (χ3v) is 4.29. The van der Waals surface area contributed by atoms with Crippen molar-refractivity contribution >= 4 is 28.7 Å². The summed E-state index contributed by atoms with van der Waals surface area (Å²) in [5.74, 6) is -0.433. The van der Waals surface area contributed by atoms with E-state index in [1.807, 2.05) is 4.90 Å². The fraction of sp³-hybridized carbons (Fsp3) is 0.500. The Kier molecular flexibility index (Phi) is 4.23. The summed E-state index contributed by atoms with van der Waals surface area (Å²) in [5.41, 5.74) is 0.658. The largest absolute Gasteiger partial charge is 0.349 e. The number of non-ortho nitro benzene ring substituents is 1. The summed E-state index contributed by atoms with van der Waals surface area (Å²) >= 11 is 5.39. The summed E-state index contributed by atoms with van der Waals surface area (Å²) in [4.78, 5) is 12.4. The minimum atomic E-state index is -0.433. The van der Waals surface area contributed by atoms with Crippen molar-refractivity contribution in [3.8, 4) is 0 Å². The lowest BCUT2D eigenvalue weighted by Crippen LogP contribution is -2.48. The van der Waals surface area contributed by atoms with Crippen LogP contribution in [-0.2, 0) is 9.47 Å². The van der Waals surface area contributed by atoms with E-state index in [9.17, 15) is 10.1 Å². The van der Waals surface area contributed by atoms with Crippen molar-refractivity contribution in [3.05, 3.63) is 34.4 Å². The number of nitrogens with zero attached hydrogens (tertiary/aromatic N) is 2. The predicted octanol–water partition coefficient (Wildman–Crippen LogP) is 2.13. The predicted molar refractivity (Wildman–Crippen MR) is 84.8 cm³/mol. The number of piperidine rings is 1. The number of rotatable bonds is 2. The highest BCUT2D eigenvalue weighted by molar-refractivity contribution is 7.80. The molecule has 118 valence electrons. The first-order valence-corrected chi connectivity index (χ1v) is 7.57. The third kappa shape index (κ3) is 3.18. The highest BCUT2D eigenvalue weighted by atomic mass is 32.1. The van der Waals surface area contributed by atoms with Gasteiger partial charge in [-0.2, -0.15) is 0 Å². The Hall–Kier alpha value is -1.77. The molecule has 0 saturated carbocycles. The summed E-state index contributed by atoms with van der Waals surface area (Å²) < 4.78 is 11.4. The van der Waals surface area contributed by atoms with Crippen LogP contribution in [0.3, 0.4) is 0 Å². The number of anilines is 1. The van der Waals surface area contributed by atoms with E-state index in [1.165, 1.54) is 12.1 Å². The molecule has 0 amide bonds. The van der Waals surface area contributed by atoms with E-state index >= 15 is 0 Å². The van der Waals surface area contributed by atoms with Gasteiger partial charge < -0.3 is 19.7 Å². The smallest absolute Gasteiger partial charge is 0.271 e. The van der Waals surface area contributed by atoms with E-state index in [0.29, 0.717) is 24.0 Å². The van der Waals surface area contributed by atoms with Crippen LogP contribution < -0.4 is 5.32 Å². The van der Waals surface area contributed by atoms with Crippen molar-refractivity contribution in [2.24, 2.45) is 0 Å². The van der Waals surface area contributed by atoms with Crippen LogP contribution in [0.25, 0.3) is 0 Å². The molecule has 0 aliphatic carbocycles. The van der Waals surface area contributed by atoms with Crippen LogP contribution in [0.15, 0.2) is 24.3 Å². The molecule has 0 bridgehead atoms. The maximum atomic E-state index is 10.8. The zero-order valence-electron chi connectivity index (χ0n) is 12.0. The van der Waals surface area contributed by atoms with Crippen LogP contribution in [0.1, 0.15) is 12.8 Å². The molecule has 8 heteroatoms. The number of hydrogen-bond acceptors (Lipinski definition) is 5. The summed E-state index contributed by atoms with van der Waals surface area (Å²) in [6.45, 7) is 2.77. The van der Waals surface area contributed by atoms with Crippen molar-refractivity contribution in [1.82, 2.24) is 4.90 Å². The lowest BCUT2D eigenvalue weighted by Gasteiger charge is -2.38. The van der Waals surface area contributed by atoms with Gasteiger partial charge in [0.25, 0.3) is 5.69 Å². The van der Waals surface area contributed by atoms with Gasteiger partial charge in [0.15, 0.2) is 10.9 Å². The molecule has 0 aromatic heterocycles. The third-order valence-electron chi connectivity index (χ3n) is 3.93. The zero-order chi connectivity index (χ0) is 15.6. The molecule has 1 aromatic rings. The van der Waals surface area contributed by atoms with Gasteiger partial charge in [-0.15, -0.1) is 0 Å². The average Bonchev–Trinajstić information content (AvgIpc) is 2.96. The standard InChI is InChI=1S/C14H17N3O4S/c18-17(19)12-3-1-2-11(10-12)15-13(22)16-6-4-14(5-7-16)20-8-9-21-14/h1-3,10H,4-9H2,(H,15,22). The zero-order valence-corrected chi connectivity index (χ0v) is 12.8. The summed E-state index contributed by atoms with van der Waals surface area (Å²) in [6.07, 6.45) is 1.54. The van der Waals surface area contributed by atoms with Crippen LogP contribution in [0.2, 0.25) is 0 Å². The first-order valence-electron chi connectivity index (χ1n) is 7.16. The van der Waals surface area contributed by atoms with Crippen LogP contribution in [0, 0.1) is 10.1 Å². The second kappa shape index (κ2) is 6.15. The molecule has 3 rings (SSSR count). The molecule has 2 aliphatic rings. The Morgan fingerprint density at radius 3 is 2.64 bits per heavy atom. The number of hydrogen-bond donors (Lipinski definition) is 1. The van der Waals surface area contributed by atoms with Crippen LogP contribution in [-0.4, -0.2) is 47.0 Å². The van der Waals surface area contributed by atoms with E-state index in [1.54, 1.807) is 12.1 Å². The van der Waals surface area contributed by atoms with Crippen molar-refractivity contribution in [2.75, 3.05) is 31.6 Å². The quantitative estimate of drug-likeness (QED) is 0.507. The fourth-order valence-electron chi connectivity index (χ4n) is 2.74. The van der Waals surface area contributed by atoms with Gasteiger partial charge in [-0.25, -0.2) is 0 Å². The summed E-state index contributed by atoms with van der Waals surface area (Å²) in [6, 6.07) is 6.32. The molecular formula is C14H17N3O4S. The fourth-order valence-corrected chi connectivity index (χ4v) is 3.04. The highest BCUT2D eigenvalue weighted by Gasteiger charge is 2.40. The Balaban J connectivity index is 1.58.